The second-order valence-electron chi connectivity index (χ2n) is 8.21. The normalized spacial score (nSPS) is 16.2. The highest BCUT2D eigenvalue weighted by Crippen LogP contribution is 2.31. The zero-order valence-electron chi connectivity index (χ0n) is 18.7. The lowest BCUT2D eigenvalue weighted by Crippen LogP contribution is -2.43. The van der Waals surface area contributed by atoms with Crippen molar-refractivity contribution in [2.24, 2.45) is 7.05 Å². The third-order valence-corrected chi connectivity index (χ3v) is 5.91. The number of nitrogens with one attached hydrogen (secondary N) is 1. The molecule has 0 spiro atoms. The van der Waals surface area contributed by atoms with Gasteiger partial charge in [0.15, 0.2) is 5.65 Å². The molecule has 33 heavy (non-hydrogen) atoms. The van der Waals surface area contributed by atoms with Gasteiger partial charge in [0.05, 0.1) is 41.5 Å². The molecule has 1 atom stereocenters. The number of nitrogens with zero attached hydrogens (tertiary/aromatic N) is 4. The Morgan fingerprint density at radius 1 is 1.18 bits per heavy atom. The van der Waals surface area contributed by atoms with Crippen molar-refractivity contribution in [1.82, 2.24) is 25.0 Å². The lowest BCUT2D eigenvalue weighted by molar-refractivity contribution is -0.137. The largest absolute Gasteiger partial charge is 0.416 e. The summed E-state index contributed by atoms with van der Waals surface area (Å²) in [5.74, 6) is -0.272. The van der Waals surface area contributed by atoms with Gasteiger partial charge in [0.2, 0.25) is 0 Å². The van der Waals surface area contributed by atoms with E-state index >= 15 is 0 Å². The minimum atomic E-state index is -4.40. The first-order valence-electron chi connectivity index (χ1n) is 10.7. The highest BCUT2D eigenvalue weighted by atomic mass is 19.4. The standard InChI is InChI=1S/C23H26F3N5O2/c1-14-12-18(20-15(2)29-30(3)21(20)28-14)22(32)27-13-19(31-8-10-33-11-9-31)16-4-6-17(7-5-16)23(24,25)26/h4-7,12,19H,8-11,13H2,1-3H3,(H,27,32). The Balaban J connectivity index is 1.60. The van der Waals surface area contributed by atoms with E-state index in [-0.39, 0.29) is 18.5 Å². The van der Waals surface area contributed by atoms with Gasteiger partial charge in [-0.15, -0.1) is 0 Å². The second kappa shape index (κ2) is 9.11. The molecule has 0 radical (unpaired) electrons. The van der Waals surface area contributed by atoms with E-state index in [1.165, 1.54) is 12.1 Å². The minimum Gasteiger partial charge on any atom is -0.379 e. The van der Waals surface area contributed by atoms with Crippen LogP contribution in [-0.4, -0.2) is 58.4 Å². The summed E-state index contributed by atoms with van der Waals surface area (Å²) in [4.78, 5) is 19.8. The van der Waals surface area contributed by atoms with E-state index in [1.807, 2.05) is 13.8 Å². The van der Waals surface area contributed by atoms with Crippen molar-refractivity contribution in [1.29, 1.82) is 0 Å². The first-order chi connectivity index (χ1) is 15.6. The predicted molar refractivity (Wildman–Crippen MR) is 117 cm³/mol. The molecule has 0 aliphatic carbocycles. The number of ether oxygens (including phenoxy) is 1. The highest BCUT2D eigenvalue weighted by molar-refractivity contribution is 6.06. The maximum Gasteiger partial charge on any atom is 0.416 e. The zero-order valence-corrected chi connectivity index (χ0v) is 18.7. The van der Waals surface area contributed by atoms with E-state index in [1.54, 1.807) is 17.8 Å². The third-order valence-electron chi connectivity index (χ3n) is 5.91. The smallest absolute Gasteiger partial charge is 0.379 e. The van der Waals surface area contributed by atoms with E-state index in [2.05, 4.69) is 20.3 Å². The van der Waals surface area contributed by atoms with Crippen LogP contribution in [0, 0.1) is 13.8 Å². The summed E-state index contributed by atoms with van der Waals surface area (Å²) < 4.78 is 46.1. The molecule has 3 aromatic rings. The molecule has 4 rings (SSSR count). The van der Waals surface area contributed by atoms with Gasteiger partial charge >= 0.3 is 6.18 Å². The third kappa shape index (κ3) is 4.86. The van der Waals surface area contributed by atoms with E-state index in [0.717, 1.165) is 12.1 Å². The van der Waals surface area contributed by atoms with Gasteiger partial charge in [-0.1, -0.05) is 12.1 Å². The Morgan fingerprint density at radius 3 is 2.48 bits per heavy atom. The summed E-state index contributed by atoms with van der Waals surface area (Å²) in [6.45, 7) is 6.20. The second-order valence-corrected chi connectivity index (χ2v) is 8.21. The molecule has 1 N–H and O–H groups in total. The number of morpholine rings is 1. The molecule has 0 bridgehead atoms. The average Bonchev–Trinajstić information content (AvgIpc) is 3.07. The summed E-state index contributed by atoms with van der Waals surface area (Å²) in [6, 6.07) is 6.57. The average molecular weight is 461 g/mol. The molecule has 1 aliphatic heterocycles. The summed E-state index contributed by atoms with van der Waals surface area (Å²) in [6.07, 6.45) is -4.40. The first kappa shape index (κ1) is 23.2. The lowest BCUT2D eigenvalue weighted by Gasteiger charge is -2.35. The number of aryl methyl sites for hydroxylation is 3. The molecule has 1 fully saturated rings. The Labute approximate surface area is 189 Å². The van der Waals surface area contributed by atoms with Crippen molar-refractivity contribution in [3.63, 3.8) is 0 Å². The number of benzene rings is 1. The van der Waals surface area contributed by atoms with Gasteiger partial charge < -0.3 is 10.1 Å². The van der Waals surface area contributed by atoms with Crippen LogP contribution in [0.5, 0.6) is 0 Å². The molecule has 3 heterocycles. The van der Waals surface area contributed by atoms with Crippen LogP contribution in [0.4, 0.5) is 13.2 Å². The predicted octanol–water partition coefficient (Wildman–Crippen LogP) is 3.41. The topological polar surface area (TPSA) is 72.3 Å². The number of halogens is 3. The highest BCUT2D eigenvalue weighted by Gasteiger charge is 2.31. The lowest BCUT2D eigenvalue weighted by atomic mass is 10.0. The van der Waals surface area contributed by atoms with Gasteiger partial charge in [-0.25, -0.2) is 4.98 Å². The van der Waals surface area contributed by atoms with Crippen LogP contribution < -0.4 is 5.32 Å². The number of rotatable bonds is 5. The summed E-state index contributed by atoms with van der Waals surface area (Å²) in [5.41, 5.74) is 2.53. The molecule has 1 aromatic carbocycles. The summed E-state index contributed by atoms with van der Waals surface area (Å²) >= 11 is 0. The molecule has 1 aliphatic rings. The number of hydrogen-bond donors (Lipinski definition) is 1. The molecular weight excluding hydrogens is 435 g/mol. The van der Waals surface area contributed by atoms with Crippen molar-refractivity contribution in [2.45, 2.75) is 26.1 Å². The fourth-order valence-corrected chi connectivity index (χ4v) is 4.27. The molecule has 10 heteroatoms. The molecule has 1 unspecified atom stereocenters. The molecule has 1 amide bonds. The summed E-state index contributed by atoms with van der Waals surface area (Å²) in [7, 11) is 1.78. The molecule has 2 aromatic heterocycles. The minimum absolute atomic E-state index is 0.242. The molecular formula is C23H26F3N5O2. The number of pyridine rings is 1. The van der Waals surface area contributed by atoms with Crippen LogP contribution in [0.3, 0.4) is 0 Å². The number of hydrogen-bond acceptors (Lipinski definition) is 5. The van der Waals surface area contributed by atoms with Crippen LogP contribution in [0.2, 0.25) is 0 Å². The number of alkyl halides is 3. The van der Waals surface area contributed by atoms with Crippen molar-refractivity contribution >= 4 is 16.9 Å². The Kier molecular flexibility index (Phi) is 6.40. The molecule has 0 saturated carbocycles. The maximum absolute atomic E-state index is 13.2. The van der Waals surface area contributed by atoms with Gasteiger partial charge in [0, 0.05) is 32.4 Å². The number of fused-ring (bicyclic) bond motifs is 1. The number of aromatic nitrogens is 3. The Hall–Kier alpha value is -2.98. The number of carbonyl (C=O) groups is 1. The van der Waals surface area contributed by atoms with Gasteiger partial charge in [0.25, 0.3) is 5.91 Å². The molecule has 176 valence electrons. The van der Waals surface area contributed by atoms with Crippen LogP contribution in [0.25, 0.3) is 11.0 Å². The summed E-state index contributed by atoms with van der Waals surface area (Å²) in [5, 5.41) is 8.06. The van der Waals surface area contributed by atoms with Crippen molar-refractivity contribution in [2.75, 3.05) is 32.8 Å². The fraction of sp³-hybridized carbons (Fsp3) is 0.435. The van der Waals surface area contributed by atoms with E-state index in [4.69, 9.17) is 4.74 Å². The van der Waals surface area contributed by atoms with Crippen LogP contribution in [0.1, 0.15) is 38.9 Å². The quantitative estimate of drug-likeness (QED) is 0.631. The Bertz CT molecular complexity index is 1150. The van der Waals surface area contributed by atoms with Gasteiger partial charge in [-0.3, -0.25) is 14.4 Å². The van der Waals surface area contributed by atoms with Gasteiger partial charge in [-0.05, 0) is 37.6 Å². The molecule has 1 saturated heterocycles. The van der Waals surface area contributed by atoms with E-state index in [9.17, 15) is 18.0 Å². The maximum atomic E-state index is 13.2. The first-order valence-corrected chi connectivity index (χ1v) is 10.7. The Morgan fingerprint density at radius 2 is 1.85 bits per heavy atom. The SMILES string of the molecule is Cc1cc(C(=O)NCC(c2ccc(C(F)(F)F)cc2)N2CCOCC2)c2c(C)nn(C)c2n1. The fourth-order valence-electron chi connectivity index (χ4n) is 4.27. The van der Waals surface area contributed by atoms with Crippen LogP contribution in [0.15, 0.2) is 30.3 Å². The van der Waals surface area contributed by atoms with Crippen molar-refractivity contribution < 1.29 is 22.7 Å². The van der Waals surface area contributed by atoms with E-state index < -0.39 is 11.7 Å². The van der Waals surface area contributed by atoms with Crippen molar-refractivity contribution in [3.05, 3.63) is 58.4 Å². The monoisotopic (exact) mass is 461 g/mol. The number of amides is 1. The van der Waals surface area contributed by atoms with Crippen LogP contribution >= 0.6 is 0 Å². The van der Waals surface area contributed by atoms with Crippen LogP contribution in [-0.2, 0) is 18.0 Å². The van der Waals surface area contributed by atoms with Gasteiger partial charge in [-0.2, -0.15) is 18.3 Å². The molecule has 7 nitrogen and oxygen atoms in total. The van der Waals surface area contributed by atoms with E-state index in [0.29, 0.717) is 59.9 Å². The number of carbonyl (C=O) groups excluding carboxylic acids is 1. The van der Waals surface area contributed by atoms with Gasteiger partial charge in [0.1, 0.15) is 0 Å². The van der Waals surface area contributed by atoms with Crippen molar-refractivity contribution in [3.8, 4) is 0 Å². The zero-order chi connectivity index (χ0) is 23.8.